The minimum absolute atomic E-state index is 0.149. The van der Waals surface area contributed by atoms with Gasteiger partial charge in [-0.1, -0.05) is 65.9 Å². The number of nitrogens with zero attached hydrogens (tertiary/aromatic N) is 2. The maximum absolute atomic E-state index is 12.9. The van der Waals surface area contributed by atoms with E-state index in [1.54, 1.807) is 36.4 Å². The number of aromatic nitrogens is 1. The van der Waals surface area contributed by atoms with Crippen LogP contribution in [0.4, 0.5) is 5.69 Å². The molecule has 0 bridgehead atoms. The van der Waals surface area contributed by atoms with Crippen molar-refractivity contribution >= 4 is 53.9 Å². The predicted molar refractivity (Wildman–Crippen MR) is 132 cm³/mol. The van der Waals surface area contributed by atoms with Gasteiger partial charge in [0.1, 0.15) is 0 Å². The van der Waals surface area contributed by atoms with Crippen LogP contribution < -0.4 is 9.52 Å². The quantitative estimate of drug-likeness (QED) is 0.402. The van der Waals surface area contributed by atoms with Crippen molar-refractivity contribution in [3.63, 3.8) is 0 Å². The fourth-order valence-corrected chi connectivity index (χ4v) is 5.87. The molecule has 0 fully saturated rings. The first-order valence-corrected chi connectivity index (χ1v) is 12.5. The Labute approximate surface area is 194 Å². The lowest BCUT2D eigenvalue weighted by atomic mass is 10.1. The van der Waals surface area contributed by atoms with Crippen LogP contribution in [0.25, 0.3) is 21.0 Å². The lowest BCUT2D eigenvalue weighted by Crippen LogP contribution is -2.14. The summed E-state index contributed by atoms with van der Waals surface area (Å²) in [6.45, 7) is 0. The van der Waals surface area contributed by atoms with Gasteiger partial charge in [-0.05, 0) is 41.8 Å². The molecule has 0 unspecified atom stereocenters. The van der Waals surface area contributed by atoms with Gasteiger partial charge in [0, 0.05) is 23.7 Å². The van der Waals surface area contributed by atoms with Crippen molar-refractivity contribution in [3.8, 4) is 0 Å². The Morgan fingerprint density at radius 3 is 2.48 bits per heavy atom. The summed E-state index contributed by atoms with van der Waals surface area (Å²) < 4.78 is 30.7. The Morgan fingerprint density at radius 2 is 1.67 bits per heavy atom. The lowest BCUT2D eigenvalue weighted by Gasteiger charge is -2.08. The Balaban J connectivity index is 1.50. The second kappa shape index (κ2) is 8.31. The molecule has 0 atom stereocenters. The molecule has 0 saturated carbocycles. The molecule has 0 aliphatic rings. The van der Waals surface area contributed by atoms with Gasteiger partial charge in [0.2, 0.25) is 0 Å². The Kier molecular flexibility index (Phi) is 5.32. The molecule has 0 aliphatic carbocycles. The first kappa shape index (κ1) is 21.1. The Morgan fingerprint density at radius 1 is 0.909 bits per heavy atom. The predicted octanol–water partition coefficient (Wildman–Crippen LogP) is 4.93. The molecule has 0 aliphatic heterocycles. The first-order valence-electron chi connectivity index (χ1n) is 10.2. The van der Waals surface area contributed by atoms with E-state index in [4.69, 9.17) is 0 Å². The normalized spacial score (nSPS) is 12.3. The number of thiazole rings is 1. The van der Waals surface area contributed by atoms with E-state index in [0.29, 0.717) is 16.1 Å². The molecule has 1 amide bonds. The number of benzene rings is 4. The summed E-state index contributed by atoms with van der Waals surface area (Å²) in [7, 11) is -1.87. The van der Waals surface area contributed by atoms with Gasteiger partial charge in [-0.15, -0.1) is 0 Å². The highest BCUT2D eigenvalue weighted by molar-refractivity contribution is 7.92. The second-order valence-corrected chi connectivity index (χ2v) is 10.2. The number of carbonyl (C=O) groups is 1. The van der Waals surface area contributed by atoms with Crippen LogP contribution in [0.5, 0.6) is 0 Å². The number of sulfonamides is 1. The molecule has 0 spiro atoms. The summed E-state index contributed by atoms with van der Waals surface area (Å²) in [5.41, 5.74) is 1.59. The number of carbonyl (C=O) groups excluding carboxylic acids is 1. The first-order chi connectivity index (χ1) is 15.9. The molecular weight excluding hydrogens is 454 g/mol. The van der Waals surface area contributed by atoms with Crippen LogP contribution in [0.15, 0.2) is 101 Å². The monoisotopic (exact) mass is 473 g/mol. The highest BCUT2D eigenvalue weighted by atomic mass is 32.2. The van der Waals surface area contributed by atoms with Crippen molar-refractivity contribution in [1.29, 1.82) is 0 Å². The third kappa shape index (κ3) is 4.06. The fourth-order valence-electron chi connectivity index (χ4n) is 3.64. The molecule has 5 rings (SSSR count). The maximum atomic E-state index is 12.9. The van der Waals surface area contributed by atoms with Gasteiger partial charge in [-0.25, -0.2) is 8.42 Å². The summed E-state index contributed by atoms with van der Waals surface area (Å²) in [4.78, 5) is 18.0. The van der Waals surface area contributed by atoms with Crippen LogP contribution in [-0.2, 0) is 17.1 Å². The van der Waals surface area contributed by atoms with Crippen molar-refractivity contribution in [3.05, 3.63) is 101 Å². The van der Waals surface area contributed by atoms with E-state index in [9.17, 15) is 13.2 Å². The number of hydrogen-bond acceptors (Lipinski definition) is 4. The minimum atomic E-state index is -3.75. The second-order valence-electron chi connectivity index (χ2n) is 7.49. The van der Waals surface area contributed by atoms with Gasteiger partial charge < -0.3 is 4.57 Å². The lowest BCUT2D eigenvalue weighted by molar-refractivity contribution is 0.0998. The summed E-state index contributed by atoms with van der Waals surface area (Å²) in [6, 6.07) is 26.6. The number of nitrogens with one attached hydrogen (secondary N) is 1. The van der Waals surface area contributed by atoms with Crippen LogP contribution in [-0.4, -0.2) is 18.9 Å². The molecule has 0 saturated heterocycles. The fraction of sp³-hybridized carbons (Fsp3) is 0.0400. The molecule has 1 aromatic heterocycles. The Bertz CT molecular complexity index is 1680. The van der Waals surface area contributed by atoms with E-state index in [2.05, 4.69) is 27.9 Å². The standard InChI is InChI=1S/C25H19N3O3S2/c1-28-22-15-14-17-8-5-6-13-21(17)23(22)32-25(28)26-24(29)18-9-7-10-19(16-18)27-33(30,31)20-11-3-2-4-12-20/h2-16,27H,1H3. The zero-order valence-corrected chi connectivity index (χ0v) is 19.2. The minimum Gasteiger partial charge on any atom is -0.319 e. The molecule has 8 heteroatoms. The molecule has 4 aromatic carbocycles. The highest BCUT2D eigenvalue weighted by Crippen LogP contribution is 2.27. The van der Waals surface area contributed by atoms with Gasteiger partial charge >= 0.3 is 0 Å². The summed E-state index contributed by atoms with van der Waals surface area (Å²) in [5, 5.41) is 2.24. The number of rotatable bonds is 4. The zero-order valence-electron chi connectivity index (χ0n) is 17.6. The average Bonchev–Trinajstić information content (AvgIpc) is 3.15. The Hall–Kier alpha value is -3.75. The number of amides is 1. The van der Waals surface area contributed by atoms with Crippen molar-refractivity contribution in [2.45, 2.75) is 4.90 Å². The molecule has 1 heterocycles. The van der Waals surface area contributed by atoms with Gasteiger partial charge in [-0.3, -0.25) is 9.52 Å². The van der Waals surface area contributed by atoms with E-state index in [0.717, 1.165) is 21.0 Å². The largest absolute Gasteiger partial charge is 0.319 e. The van der Waals surface area contributed by atoms with Crippen molar-refractivity contribution in [2.75, 3.05) is 4.72 Å². The van der Waals surface area contributed by atoms with Crippen LogP contribution in [0.3, 0.4) is 0 Å². The average molecular weight is 474 g/mol. The van der Waals surface area contributed by atoms with Gasteiger partial charge in [0.25, 0.3) is 15.9 Å². The van der Waals surface area contributed by atoms with Crippen LogP contribution in [0.1, 0.15) is 10.4 Å². The number of fused-ring (bicyclic) bond motifs is 3. The van der Waals surface area contributed by atoms with E-state index < -0.39 is 15.9 Å². The van der Waals surface area contributed by atoms with Crippen LogP contribution in [0.2, 0.25) is 0 Å². The van der Waals surface area contributed by atoms with Gasteiger partial charge in [0.15, 0.2) is 4.80 Å². The topological polar surface area (TPSA) is 80.5 Å². The van der Waals surface area contributed by atoms with E-state index in [1.165, 1.54) is 29.5 Å². The van der Waals surface area contributed by atoms with Crippen molar-refractivity contribution in [1.82, 2.24) is 4.57 Å². The number of aryl methyl sites for hydroxylation is 1. The summed E-state index contributed by atoms with van der Waals surface area (Å²) in [6.07, 6.45) is 0. The molecule has 33 heavy (non-hydrogen) atoms. The van der Waals surface area contributed by atoms with Crippen LogP contribution in [0, 0.1) is 0 Å². The SMILES string of the molecule is Cn1c(=NC(=O)c2cccc(NS(=O)(=O)c3ccccc3)c2)sc2c3ccccc3ccc21. The summed E-state index contributed by atoms with van der Waals surface area (Å²) in [5.74, 6) is -0.442. The van der Waals surface area contributed by atoms with Gasteiger partial charge in [-0.2, -0.15) is 4.99 Å². The number of anilines is 1. The molecular formula is C25H19N3O3S2. The van der Waals surface area contributed by atoms with E-state index in [-0.39, 0.29) is 4.90 Å². The maximum Gasteiger partial charge on any atom is 0.279 e. The van der Waals surface area contributed by atoms with Gasteiger partial charge in [0.05, 0.1) is 15.1 Å². The van der Waals surface area contributed by atoms with Crippen LogP contribution >= 0.6 is 11.3 Å². The van der Waals surface area contributed by atoms with Crippen molar-refractivity contribution < 1.29 is 13.2 Å². The highest BCUT2D eigenvalue weighted by Gasteiger charge is 2.15. The summed E-state index contributed by atoms with van der Waals surface area (Å²) >= 11 is 1.45. The third-order valence-electron chi connectivity index (χ3n) is 5.31. The molecule has 164 valence electrons. The zero-order chi connectivity index (χ0) is 23.0. The molecule has 0 radical (unpaired) electrons. The van der Waals surface area contributed by atoms with Crippen molar-refractivity contribution in [2.24, 2.45) is 12.0 Å². The molecule has 1 N–H and O–H groups in total. The molecule has 5 aromatic rings. The molecule has 6 nitrogen and oxygen atoms in total. The third-order valence-corrected chi connectivity index (χ3v) is 7.89. The smallest absolute Gasteiger partial charge is 0.279 e. The van der Waals surface area contributed by atoms with E-state index >= 15 is 0 Å². The number of hydrogen-bond donors (Lipinski definition) is 1. The van der Waals surface area contributed by atoms with E-state index in [1.807, 2.05) is 29.8 Å².